The van der Waals surface area contributed by atoms with Gasteiger partial charge in [-0.3, -0.25) is 0 Å². The van der Waals surface area contributed by atoms with E-state index in [4.69, 9.17) is 63.7 Å². The summed E-state index contributed by atoms with van der Waals surface area (Å²) in [4.78, 5) is 10.8. The average molecular weight is 631 g/mol. The number of alkyl halides is 1. The van der Waals surface area contributed by atoms with Crippen LogP contribution in [0.2, 0.25) is 0 Å². The van der Waals surface area contributed by atoms with E-state index in [0.29, 0.717) is 126 Å². The molecule has 0 aromatic heterocycles. The average Bonchev–Trinajstić information content (AvgIpc) is 3.00. The summed E-state index contributed by atoms with van der Waals surface area (Å²) in [5, 5.41) is 0. The second-order valence-corrected chi connectivity index (χ2v) is 8.98. The van der Waals surface area contributed by atoms with Crippen LogP contribution in [0.4, 0.5) is 0 Å². The number of unbranched alkanes of at least 4 members (excludes halogenated alkanes) is 3. The normalized spacial score (nSPS) is 11.3. The molecule has 0 aliphatic carbocycles. The Hall–Kier alpha value is -0.900. The molecule has 0 atom stereocenters. The van der Waals surface area contributed by atoms with Crippen molar-refractivity contribution in [3.63, 3.8) is 0 Å². The molecule has 13 heteroatoms. The molecule has 0 aromatic carbocycles. The molecular weight excluding hydrogens is 576 g/mol. The minimum Gasteiger partial charge on any atom is -0.460 e. The van der Waals surface area contributed by atoms with E-state index in [1.165, 1.54) is 6.42 Å². The Bertz CT molecular complexity index is 545. The van der Waals surface area contributed by atoms with Crippen molar-refractivity contribution in [2.45, 2.75) is 25.7 Å². The molecular formula is C29H55ClO12. The van der Waals surface area contributed by atoms with Crippen LogP contribution in [0.25, 0.3) is 0 Å². The van der Waals surface area contributed by atoms with E-state index < -0.39 is 5.97 Å². The zero-order valence-electron chi connectivity index (χ0n) is 25.4. The lowest BCUT2D eigenvalue weighted by atomic mass is 10.2. The summed E-state index contributed by atoms with van der Waals surface area (Å²) in [5.41, 5.74) is 0. The van der Waals surface area contributed by atoms with Gasteiger partial charge >= 0.3 is 5.97 Å². The second-order valence-electron chi connectivity index (χ2n) is 8.60. The lowest BCUT2D eigenvalue weighted by Crippen LogP contribution is -2.15. The predicted octanol–water partition coefficient (Wildman–Crippen LogP) is 2.68. The third-order valence-electron chi connectivity index (χ3n) is 5.16. The first-order valence-corrected chi connectivity index (χ1v) is 15.5. The molecule has 0 heterocycles. The molecule has 0 radical (unpaired) electrons. The molecule has 0 saturated carbocycles. The summed E-state index contributed by atoms with van der Waals surface area (Å²) in [6.07, 6.45) is 5.60. The Labute approximate surface area is 257 Å². The molecule has 250 valence electrons. The second kappa shape index (κ2) is 38.1. The van der Waals surface area contributed by atoms with Gasteiger partial charge in [-0.05, 0) is 12.8 Å². The molecule has 0 rings (SSSR count). The fraction of sp³-hybridized carbons (Fsp3) is 0.897. The van der Waals surface area contributed by atoms with Crippen LogP contribution in [0.15, 0.2) is 12.7 Å². The molecule has 0 saturated heterocycles. The zero-order valence-corrected chi connectivity index (χ0v) is 26.2. The number of halogens is 1. The van der Waals surface area contributed by atoms with Gasteiger partial charge in [-0.1, -0.05) is 19.4 Å². The molecule has 0 aliphatic rings. The molecule has 0 spiro atoms. The number of rotatable bonds is 37. The van der Waals surface area contributed by atoms with Gasteiger partial charge in [0.25, 0.3) is 0 Å². The van der Waals surface area contributed by atoms with Gasteiger partial charge in [0.05, 0.1) is 126 Å². The van der Waals surface area contributed by atoms with Crippen molar-refractivity contribution in [2.75, 3.05) is 145 Å². The van der Waals surface area contributed by atoms with Crippen molar-refractivity contribution in [1.29, 1.82) is 0 Å². The van der Waals surface area contributed by atoms with E-state index in [1.807, 2.05) is 0 Å². The third-order valence-corrected chi connectivity index (χ3v) is 5.43. The minimum atomic E-state index is -0.458. The Morgan fingerprint density at radius 3 is 0.952 bits per heavy atom. The van der Waals surface area contributed by atoms with E-state index in [-0.39, 0.29) is 6.61 Å². The Morgan fingerprint density at radius 1 is 0.405 bits per heavy atom. The lowest BCUT2D eigenvalue weighted by molar-refractivity contribution is -0.139. The first-order chi connectivity index (χ1) is 20.8. The maximum atomic E-state index is 10.8. The predicted molar refractivity (Wildman–Crippen MR) is 159 cm³/mol. The Morgan fingerprint density at radius 2 is 0.667 bits per heavy atom. The summed E-state index contributed by atoms with van der Waals surface area (Å²) >= 11 is 5.65. The van der Waals surface area contributed by atoms with E-state index in [2.05, 4.69) is 6.58 Å². The molecule has 0 amide bonds. The van der Waals surface area contributed by atoms with Gasteiger partial charge in [-0.25, -0.2) is 4.79 Å². The summed E-state index contributed by atoms with van der Waals surface area (Å²) < 4.78 is 59.1. The lowest BCUT2D eigenvalue weighted by Gasteiger charge is -2.09. The number of ether oxygens (including phenoxy) is 11. The number of hydrogen-bond acceptors (Lipinski definition) is 12. The van der Waals surface area contributed by atoms with Crippen LogP contribution >= 0.6 is 11.6 Å². The number of hydrogen-bond donors (Lipinski definition) is 0. The van der Waals surface area contributed by atoms with Crippen molar-refractivity contribution in [3.05, 3.63) is 12.7 Å². The SMILES string of the molecule is C=CC(=O)OCCOCCOCCOCCOCCOCCOCCOCCOCCOCCOCCCCCCCl. The Balaban J connectivity index is 3.04. The molecule has 0 fully saturated rings. The summed E-state index contributed by atoms with van der Waals surface area (Å²) in [5.74, 6) is 0.283. The van der Waals surface area contributed by atoms with E-state index in [1.54, 1.807) is 0 Å². The van der Waals surface area contributed by atoms with Crippen molar-refractivity contribution in [3.8, 4) is 0 Å². The van der Waals surface area contributed by atoms with E-state index in [9.17, 15) is 4.79 Å². The van der Waals surface area contributed by atoms with Crippen molar-refractivity contribution in [1.82, 2.24) is 0 Å². The Kier molecular flexibility index (Phi) is 37.3. The van der Waals surface area contributed by atoms with E-state index in [0.717, 1.165) is 37.8 Å². The van der Waals surface area contributed by atoms with Gasteiger partial charge in [0.2, 0.25) is 0 Å². The van der Waals surface area contributed by atoms with Crippen LogP contribution in [-0.4, -0.2) is 151 Å². The summed E-state index contributed by atoms with van der Waals surface area (Å²) in [6, 6.07) is 0. The molecule has 12 nitrogen and oxygen atoms in total. The molecule has 0 aliphatic heterocycles. The fourth-order valence-corrected chi connectivity index (χ4v) is 3.18. The molecule has 0 unspecified atom stereocenters. The first-order valence-electron chi connectivity index (χ1n) is 14.9. The fourth-order valence-electron chi connectivity index (χ4n) is 2.99. The summed E-state index contributed by atoms with van der Waals surface area (Å²) in [6.45, 7) is 13.8. The number of carbonyl (C=O) groups is 1. The smallest absolute Gasteiger partial charge is 0.330 e. The standard InChI is InChI=1S/C29H55ClO12/c1-2-29(31)42-28-27-41-26-25-40-24-23-39-22-21-38-20-19-37-18-17-36-16-15-35-14-13-34-12-11-33-10-9-32-8-6-4-3-5-7-30/h2H,1,3-28H2. The third kappa shape index (κ3) is 37.1. The minimum absolute atomic E-state index is 0.200. The maximum Gasteiger partial charge on any atom is 0.330 e. The van der Waals surface area contributed by atoms with Crippen molar-refractivity contribution in [2.24, 2.45) is 0 Å². The van der Waals surface area contributed by atoms with Crippen LogP contribution < -0.4 is 0 Å². The molecule has 0 N–H and O–H groups in total. The van der Waals surface area contributed by atoms with Gasteiger partial charge in [-0.15, -0.1) is 11.6 Å². The molecule has 42 heavy (non-hydrogen) atoms. The monoisotopic (exact) mass is 630 g/mol. The number of carbonyl (C=O) groups excluding carboxylic acids is 1. The van der Waals surface area contributed by atoms with Gasteiger partial charge in [0.15, 0.2) is 0 Å². The van der Waals surface area contributed by atoms with Crippen LogP contribution in [0.1, 0.15) is 25.7 Å². The van der Waals surface area contributed by atoms with Gasteiger partial charge < -0.3 is 52.1 Å². The highest BCUT2D eigenvalue weighted by Crippen LogP contribution is 2.01. The molecule has 0 bridgehead atoms. The van der Waals surface area contributed by atoms with Gasteiger partial charge in [-0.2, -0.15) is 0 Å². The van der Waals surface area contributed by atoms with Crippen LogP contribution in [0, 0.1) is 0 Å². The molecule has 0 aromatic rings. The number of esters is 1. The largest absolute Gasteiger partial charge is 0.460 e. The first kappa shape index (κ1) is 41.1. The highest BCUT2D eigenvalue weighted by molar-refractivity contribution is 6.17. The maximum absolute atomic E-state index is 10.8. The van der Waals surface area contributed by atoms with Gasteiger partial charge in [0.1, 0.15) is 6.61 Å². The topological polar surface area (TPSA) is 119 Å². The van der Waals surface area contributed by atoms with Crippen LogP contribution in [0.3, 0.4) is 0 Å². The van der Waals surface area contributed by atoms with Gasteiger partial charge in [0, 0.05) is 18.6 Å². The highest BCUT2D eigenvalue weighted by Gasteiger charge is 1.97. The zero-order chi connectivity index (χ0) is 30.4. The van der Waals surface area contributed by atoms with Crippen LogP contribution in [0.5, 0.6) is 0 Å². The van der Waals surface area contributed by atoms with E-state index >= 15 is 0 Å². The van der Waals surface area contributed by atoms with Crippen molar-refractivity contribution >= 4 is 17.6 Å². The highest BCUT2D eigenvalue weighted by atomic mass is 35.5. The van der Waals surface area contributed by atoms with Crippen LogP contribution in [-0.2, 0) is 56.9 Å². The quantitative estimate of drug-likeness (QED) is 0.0434. The van der Waals surface area contributed by atoms with Crippen molar-refractivity contribution < 1.29 is 56.9 Å². The summed E-state index contributed by atoms with van der Waals surface area (Å²) in [7, 11) is 0.